The van der Waals surface area contributed by atoms with Crippen molar-refractivity contribution >= 4 is 16.8 Å². The Morgan fingerprint density at radius 2 is 2.17 bits per heavy atom. The molecule has 0 aliphatic heterocycles. The first-order valence-corrected chi connectivity index (χ1v) is 7.25. The fraction of sp³-hybridized carbons (Fsp3) is 0.176. The highest BCUT2D eigenvalue weighted by atomic mass is 19.1. The van der Waals surface area contributed by atoms with Crippen molar-refractivity contribution in [3.63, 3.8) is 0 Å². The van der Waals surface area contributed by atoms with Gasteiger partial charge in [-0.15, -0.1) is 0 Å². The number of nitrogens with zero attached hydrogens (tertiary/aromatic N) is 1. The second-order valence-corrected chi connectivity index (χ2v) is 5.18. The zero-order chi connectivity index (χ0) is 16.2. The van der Waals surface area contributed by atoms with Crippen LogP contribution in [0.5, 0.6) is 5.75 Å². The van der Waals surface area contributed by atoms with Crippen molar-refractivity contribution in [1.29, 1.82) is 0 Å². The summed E-state index contributed by atoms with van der Waals surface area (Å²) < 4.78 is 18.4. The number of amides is 1. The number of carbonyl (C=O) groups is 1. The maximum absolute atomic E-state index is 13.0. The molecule has 3 aromatic rings. The third kappa shape index (κ3) is 3.48. The van der Waals surface area contributed by atoms with Crippen LogP contribution in [0.15, 0.2) is 42.5 Å². The molecule has 0 aliphatic rings. The van der Waals surface area contributed by atoms with Gasteiger partial charge < -0.3 is 10.1 Å². The quantitative estimate of drug-likeness (QED) is 0.712. The van der Waals surface area contributed by atoms with Gasteiger partial charge in [0.1, 0.15) is 18.2 Å². The Bertz CT molecular complexity index is 845. The Labute approximate surface area is 132 Å². The van der Waals surface area contributed by atoms with Crippen LogP contribution in [-0.4, -0.2) is 29.3 Å². The van der Waals surface area contributed by atoms with Gasteiger partial charge in [-0.1, -0.05) is 17.7 Å². The van der Waals surface area contributed by atoms with Gasteiger partial charge in [0.15, 0.2) is 5.69 Å². The van der Waals surface area contributed by atoms with Crippen molar-refractivity contribution in [2.24, 2.45) is 0 Å². The van der Waals surface area contributed by atoms with Crippen LogP contribution in [0.25, 0.3) is 10.9 Å². The molecule has 2 N–H and O–H groups in total. The lowest BCUT2D eigenvalue weighted by atomic mass is 10.1. The van der Waals surface area contributed by atoms with Crippen molar-refractivity contribution in [2.75, 3.05) is 13.2 Å². The van der Waals surface area contributed by atoms with E-state index in [2.05, 4.69) is 15.5 Å². The largest absolute Gasteiger partial charge is 0.492 e. The molecule has 6 heteroatoms. The van der Waals surface area contributed by atoms with Gasteiger partial charge in [-0.2, -0.15) is 5.10 Å². The minimum absolute atomic E-state index is 0.247. The second-order valence-electron chi connectivity index (χ2n) is 5.18. The molecule has 1 aromatic heterocycles. The number of ether oxygens (including phenoxy) is 1. The summed E-state index contributed by atoms with van der Waals surface area (Å²) in [5, 5.41) is 10.4. The van der Waals surface area contributed by atoms with Crippen LogP contribution < -0.4 is 10.1 Å². The molecule has 118 valence electrons. The predicted octanol–water partition coefficient (Wildman–Crippen LogP) is 2.82. The van der Waals surface area contributed by atoms with E-state index < -0.39 is 0 Å². The molecule has 23 heavy (non-hydrogen) atoms. The maximum Gasteiger partial charge on any atom is 0.272 e. The van der Waals surface area contributed by atoms with E-state index in [4.69, 9.17) is 4.74 Å². The fourth-order valence-electron chi connectivity index (χ4n) is 2.27. The molecule has 0 fully saturated rings. The molecule has 5 nitrogen and oxygen atoms in total. The van der Waals surface area contributed by atoms with Crippen molar-refractivity contribution in [1.82, 2.24) is 15.5 Å². The first kappa shape index (κ1) is 15.0. The topological polar surface area (TPSA) is 67.0 Å². The molecule has 3 rings (SSSR count). The number of hydrogen-bond donors (Lipinski definition) is 2. The maximum atomic E-state index is 13.0. The van der Waals surface area contributed by atoms with Gasteiger partial charge in [-0.05, 0) is 31.2 Å². The van der Waals surface area contributed by atoms with Crippen LogP contribution in [0.1, 0.15) is 16.1 Å². The summed E-state index contributed by atoms with van der Waals surface area (Å²) >= 11 is 0. The summed E-state index contributed by atoms with van der Waals surface area (Å²) in [6.45, 7) is 2.51. The van der Waals surface area contributed by atoms with E-state index in [0.29, 0.717) is 18.0 Å². The monoisotopic (exact) mass is 313 g/mol. The predicted molar refractivity (Wildman–Crippen MR) is 85.1 cm³/mol. The molecular weight excluding hydrogens is 297 g/mol. The van der Waals surface area contributed by atoms with Crippen LogP contribution in [0, 0.1) is 12.7 Å². The minimum Gasteiger partial charge on any atom is -0.492 e. The fourth-order valence-corrected chi connectivity index (χ4v) is 2.27. The van der Waals surface area contributed by atoms with Crippen LogP contribution in [0.4, 0.5) is 4.39 Å². The van der Waals surface area contributed by atoms with Gasteiger partial charge in [-0.3, -0.25) is 9.89 Å². The molecule has 1 heterocycles. The number of aromatic amines is 1. The number of nitrogens with one attached hydrogen (secondary N) is 2. The molecule has 0 saturated heterocycles. The Morgan fingerprint density at radius 1 is 1.30 bits per heavy atom. The van der Waals surface area contributed by atoms with E-state index >= 15 is 0 Å². The molecule has 0 unspecified atom stereocenters. The lowest BCUT2D eigenvalue weighted by molar-refractivity contribution is 0.0943. The normalized spacial score (nSPS) is 10.7. The van der Waals surface area contributed by atoms with E-state index in [1.54, 1.807) is 12.1 Å². The average Bonchev–Trinajstić information content (AvgIpc) is 2.94. The highest BCUT2D eigenvalue weighted by Crippen LogP contribution is 2.17. The molecular formula is C17H16FN3O2. The Kier molecular flexibility index (Phi) is 4.23. The van der Waals surface area contributed by atoms with E-state index in [9.17, 15) is 9.18 Å². The van der Waals surface area contributed by atoms with Crippen molar-refractivity contribution in [3.05, 3.63) is 59.5 Å². The highest BCUT2D eigenvalue weighted by molar-refractivity contribution is 6.04. The molecule has 0 atom stereocenters. The zero-order valence-electron chi connectivity index (χ0n) is 12.6. The number of hydrogen-bond acceptors (Lipinski definition) is 3. The van der Waals surface area contributed by atoms with E-state index in [1.165, 1.54) is 12.1 Å². The molecule has 0 radical (unpaired) electrons. The minimum atomic E-state index is -0.357. The average molecular weight is 313 g/mol. The molecule has 0 aliphatic carbocycles. The first-order valence-electron chi connectivity index (χ1n) is 7.25. The number of aromatic nitrogens is 2. The lowest BCUT2D eigenvalue weighted by Gasteiger charge is -2.07. The van der Waals surface area contributed by atoms with Crippen molar-refractivity contribution in [2.45, 2.75) is 6.92 Å². The highest BCUT2D eigenvalue weighted by Gasteiger charge is 2.13. The number of H-pyrrole nitrogens is 1. The van der Waals surface area contributed by atoms with E-state index in [-0.39, 0.29) is 18.3 Å². The Balaban J connectivity index is 1.57. The summed E-state index contributed by atoms with van der Waals surface area (Å²) in [6, 6.07) is 11.6. The third-order valence-electron chi connectivity index (χ3n) is 3.39. The summed E-state index contributed by atoms with van der Waals surface area (Å²) in [6.07, 6.45) is 0. The van der Waals surface area contributed by atoms with Crippen LogP contribution in [0.3, 0.4) is 0 Å². The van der Waals surface area contributed by atoms with Gasteiger partial charge in [0.25, 0.3) is 5.91 Å². The van der Waals surface area contributed by atoms with E-state index in [0.717, 1.165) is 16.5 Å². The summed E-state index contributed by atoms with van der Waals surface area (Å²) in [4.78, 5) is 12.2. The molecule has 0 saturated carbocycles. The smallest absolute Gasteiger partial charge is 0.272 e. The lowest BCUT2D eigenvalue weighted by Crippen LogP contribution is -2.28. The summed E-state index contributed by atoms with van der Waals surface area (Å²) in [7, 11) is 0. The van der Waals surface area contributed by atoms with Crippen molar-refractivity contribution < 1.29 is 13.9 Å². The number of rotatable bonds is 5. The number of fused-ring (bicyclic) bond motifs is 1. The van der Waals surface area contributed by atoms with E-state index in [1.807, 2.05) is 25.1 Å². The zero-order valence-corrected chi connectivity index (χ0v) is 12.6. The Hall–Kier alpha value is -2.89. The van der Waals surface area contributed by atoms with Crippen molar-refractivity contribution in [3.8, 4) is 5.75 Å². The molecule has 1 amide bonds. The Morgan fingerprint density at radius 3 is 3.00 bits per heavy atom. The summed E-state index contributed by atoms with van der Waals surface area (Å²) in [5.41, 5.74) is 2.23. The van der Waals surface area contributed by atoms with Gasteiger partial charge in [0.2, 0.25) is 0 Å². The second kappa shape index (κ2) is 6.48. The van der Waals surface area contributed by atoms with Gasteiger partial charge in [-0.25, -0.2) is 4.39 Å². The standard InChI is InChI=1S/C17H16FN3O2/c1-11-5-6-15-14(9-11)16(21-20-15)17(22)19-7-8-23-13-4-2-3-12(18)10-13/h2-6,9-10H,7-8H2,1H3,(H,19,22)(H,20,21). The summed E-state index contributed by atoms with van der Waals surface area (Å²) in [5.74, 6) is -0.199. The first-order chi connectivity index (χ1) is 11.1. The molecule has 2 aromatic carbocycles. The van der Waals surface area contributed by atoms with Gasteiger partial charge >= 0.3 is 0 Å². The number of halogens is 1. The molecule has 0 bridgehead atoms. The number of aryl methyl sites for hydroxylation is 1. The number of benzene rings is 2. The SMILES string of the molecule is Cc1ccc2[nH]nc(C(=O)NCCOc3cccc(F)c3)c2c1. The van der Waals surface area contributed by atoms with Crippen LogP contribution >= 0.6 is 0 Å². The van der Waals surface area contributed by atoms with Gasteiger partial charge in [0.05, 0.1) is 12.1 Å². The molecule has 0 spiro atoms. The van der Waals surface area contributed by atoms with Crippen LogP contribution in [0.2, 0.25) is 0 Å². The van der Waals surface area contributed by atoms with Crippen LogP contribution in [-0.2, 0) is 0 Å². The number of carbonyl (C=O) groups excluding carboxylic acids is 1. The van der Waals surface area contributed by atoms with Gasteiger partial charge in [0, 0.05) is 11.5 Å². The third-order valence-corrected chi connectivity index (χ3v) is 3.39.